The van der Waals surface area contributed by atoms with Crippen LogP contribution in [0.2, 0.25) is 0 Å². The van der Waals surface area contributed by atoms with E-state index in [4.69, 9.17) is 0 Å². The van der Waals surface area contributed by atoms with Crippen molar-refractivity contribution in [2.45, 2.75) is 0 Å². The molecule has 4 aromatic heterocycles. The number of aromatic amines is 4. The molecule has 0 saturated carbocycles. The molecular weight excluding hydrogens is 599 g/mol. The molecule has 4 aromatic carbocycles. The lowest BCUT2D eigenvalue weighted by atomic mass is 10.0. The highest BCUT2D eigenvalue weighted by Gasteiger charge is 2.21. The zero-order valence-electron chi connectivity index (χ0n) is 26.7. The molecule has 4 N–H and O–H groups in total. The Hall–Kier alpha value is -6.72. The molecule has 0 spiro atoms. The molecular formula is C44H33N5. The summed E-state index contributed by atoms with van der Waals surface area (Å²) in [7, 11) is 0. The third-order valence-corrected chi connectivity index (χ3v) is 9.07. The van der Waals surface area contributed by atoms with E-state index in [-0.39, 0.29) is 0 Å². The summed E-state index contributed by atoms with van der Waals surface area (Å²) in [6.07, 6.45) is 2.16. The van der Waals surface area contributed by atoms with Gasteiger partial charge >= 0.3 is 0 Å². The fourth-order valence-electron chi connectivity index (χ4n) is 6.88. The first-order valence-corrected chi connectivity index (χ1v) is 16.5. The van der Waals surface area contributed by atoms with Gasteiger partial charge in [-0.3, -0.25) is 0 Å². The Labute approximate surface area is 283 Å². The molecule has 0 saturated heterocycles. The Kier molecular flexibility index (Phi) is 7.06. The maximum absolute atomic E-state index is 3.88. The Balaban J connectivity index is 1.42. The van der Waals surface area contributed by atoms with Crippen molar-refractivity contribution >= 4 is 34.3 Å². The van der Waals surface area contributed by atoms with Gasteiger partial charge in [-0.2, -0.15) is 0 Å². The number of rotatable bonds is 5. The van der Waals surface area contributed by atoms with E-state index in [1.807, 2.05) is 0 Å². The highest BCUT2D eigenvalue weighted by atomic mass is 15.2. The second-order valence-electron chi connectivity index (χ2n) is 12.2. The number of nitrogens with one attached hydrogen (secondary N) is 4. The fraction of sp³-hybridized carbons (Fsp3) is 0. The minimum atomic E-state index is 0.985. The normalized spacial score (nSPS) is 12.5. The fourth-order valence-corrected chi connectivity index (χ4v) is 6.88. The number of aromatic nitrogens is 4. The molecule has 0 atom stereocenters. The van der Waals surface area contributed by atoms with Crippen LogP contribution >= 0.6 is 0 Å². The summed E-state index contributed by atoms with van der Waals surface area (Å²) in [4.78, 5) is 17.5. The summed E-state index contributed by atoms with van der Waals surface area (Å²) in [6, 6.07) is 59.6. The van der Waals surface area contributed by atoms with Crippen LogP contribution in [0.5, 0.6) is 0 Å². The van der Waals surface area contributed by atoms with Crippen LogP contribution in [0.25, 0.3) is 22.9 Å². The minimum Gasteiger partial charge on any atom is -0.355 e. The van der Waals surface area contributed by atoms with Gasteiger partial charge in [-0.25, -0.2) is 0 Å². The average Bonchev–Trinajstić information content (AvgIpc) is 3.99. The van der Waals surface area contributed by atoms with Crippen LogP contribution in [0.3, 0.4) is 0 Å². The van der Waals surface area contributed by atoms with Crippen LogP contribution in [0.1, 0.15) is 33.9 Å². The zero-order valence-corrected chi connectivity index (χ0v) is 26.7. The van der Waals surface area contributed by atoms with Crippen molar-refractivity contribution in [1.29, 1.82) is 0 Å². The standard InChI is InChI=1S/C44H33N5/c1-5-13-30(14-6-1)42-36-23-21-32(45-36)29-33-22-24-37(46-33)43(31-15-7-2-8-16-31)39-26-28-41(48-39)44(40-27-25-38(42)47-40)49(34-17-9-3-10-18-34)35-19-11-4-12-20-35/h1-29,45-48H. The number of para-hydroxylation sites is 2. The van der Waals surface area contributed by atoms with Crippen molar-refractivity contribution < 1.29 is 0 Å². The number of H-pyrrole nitrogens is 4. The van der Waals surface area contributed by atoms with Gasteiger partial charge in [-0.1, -0.05) is 97.1 Å². The van der Waals surface area contributed by atoms with E-state index < -0.39 is 0 Å². The molecule has 5 heterocycles. The van der Waals surface area contributed by atoms with E-state index in [0.717, 1.165) is 83.5 Å². The maximum atomic E-state index is 3.88. The molecule has 0 aliphatic carbocycles. The van der Waals surface area contributed by atoms with Crippen LogP contribution in [0.15, 0.2) is 170 Å². The van der Waals surface area contributed by atoms with Gasteiger partial charge in [0, 0.05) is 55.7 Å². The van der Waals surface area contributed by atoms with Crippen molar-refractivity contribution in [2.75, 3.05) is 4.90 Å². The highest BCUT2D eigenvalue weighted by molar-refractivity contribution is 5.88. The SMILES string of the molecule is C1=c2ccc([nH]2)=C(c2ccccc2)c2ccc([nH]2)C(N(c2ccccc2)c2ccccc2)=c2ccc([nH]2)=C(c2ccccc2)c2ccc1[nH]2. The Morgan fingerprint density at radius 3 is 1.47 bits per heavy atom. The third kappa shape index (κ3) is 5.33. The number of anilines is 2. The van der Waals surface area contributed by atoms with Gasteiger partial charge in [-0.05, 0) is 90.0 Å². The summed E-state index contributed by atoms with van der Waals surface area (Å²) in [5.74, 6) is 0. The van der Waals surface area contributed by atoms with Gasteiger partial charge in [0.25, 0.3) is 0 Å². The van der Waals surface area contributed by atoms with Gasteiger partial charge in [0.2, 0.25) is 0 Å². The third-order valence-electron chi connectivity index (χ3n) is 9.07. The Morgan fingerprint density at radius 1 is 0.347 bits per heavy atom. The van der Waals surface area contributed by atoms with Crippen LogP contribution in [0.4, 0.5) is 11.4 Å². The van der Waals surface area contributed by atoms with Gasteiger partial charge in [0.05, 0.1) is 16.7 Å². The largest absolute Gasteiger partial charge is 0.355 e. The lowest BCUT2D eigenvalue weighted by Gasteiger charge is -2.27. The predicted octanol–water partition coefficient (Wildman–Crippen LogP) is 6.63. The molecule has 5 nitrogen and oxygen atoms in total. The molecule has 5 heteroatoms. The van der Waals surface area contributed by atoms with E-state index in [0.29, 0.717) is 0 Å². The quantitative estimate of drug-likeness (QED) is 0.169. The maximum Gasteiger partial charge on any atom is 0.0935 e. The molecule has 1 aliphatic heterocycles. The molecule has 0 unspecified atom stereocenters. The molecule has 0 radical (unpaired) electrons. The van der Waals surface area contributed by atoms with Crippen molar-refractivity contribution in [2.24, 2.45) is 0 Å². The minimum absolute atomic E-state index is 0.985. The van der Waals surface area contributed by atoms with Crippen molar-refractivity contribution in [3.63, 3.8) is 0 Å². The van der Waals surface area contributed by atoms with Gasteiger partial charge < -0.3 is 24.8 Å². The van der Waals surface area contributed by atoms with Gasteiger partial charge in [0.15, 0.2) is 0 Å². The van der Waals surface area contributed by atoms with Gasteiger partial charge in [-0.15, -0.1) is 0 Å². The van der Waals surface area contributed by atoms with Crippen LogP contribution < -0.4 is 26.3 Å². The average molecular weight is 632 g/mol. The van der Waals surface area contributed by atoms with E-state index in [2.05, 4.69) is 201 Å². The summed E-state index contributed by atoms with van der Waals surface area (Å²) in [5, 5.41) is 4.06. The zero-order chi connectivity index (χ0) is 32.6. The van der Waals surface area contributed by atoms with Crippen LogP contribution in [-0.4, -0.2) is 19.9 Å². The molecule has 0 fully saturated rings. The van der Waals surface area contributed by atoms with Crippen molar-refractivity contribution in [3.05, 3.63) is 225 Å². The Morgan fingerprint density at radius 2 is 0.837 bits per heavy atom. The highest BCUT2D eigenvalue weighted by Crippen LogP contribution is 2.33. The first kappa shape index (κ1) is 28.5. The van der Waals surface area contributed by atoms with Crippen LogP contribution in [0, 0.1) is 0 Å². The van der Waals surface area contributed by atoms with Crippen LogP contribution in [-0.2, 0) is 0 Å². The predicted molar refractivity (Wildman–Crippen MR) is 199 cm³/mol. The molecule has 0 amide bonds. The summed E-state index contributed by atoms with van der Waals surface area (Å²) < 4.78 is 0. The number of nitrogens with zero attached hydrogens (tertiary/aromatic N) is 1. The first-order valence-electron chi connectivity index (χ1n) is 16.5. The smallest absolute Gasteiger partial charge is 0.0935 e. The molecule has 1 aliphatic rings. The van der Waals surface area contributed by atoms with E-state index in [9.17, 15) is 0 Å². The first-order chi connectivity index (χ1) is 24.3. The van der Waals surface area contributed by atoms with E-state index in [1.54, 1.807) is 0 Å². The second-order valence-corrected chi connectivity index (χ2v) is 12.2. The monoisotopic (exact) mass is 631 g/mol. The lowest BCUT2D eigenvalue weighted by Crippen LogP contribution is -2.26. The van der Waals surface area contributed by atoms with Gasteiger partial charge in [0.1, 0.15) is 0 Å². The Bertz CT molecular complexity index is 2600. The number of hydrogen-bond acceptors (Lipinski definition) is 1. The summed E-state index contributed by atoms with van der Waals surface area (Å²) >= 11 is 0. The van der Waals surface area contributed by atoms with Crippen molar-refractivity contribution in [3.8, 4) is 0 Å². The summed E-state index contributed by atoms with van der Waals surface area (Å²) in [6.45, 7) is 0. The molecule has 49 heavy (non-hydrogen) atoms. The van der Waals surface area contributed by atoms with Crippen molar-refractivity contribution in [1.82, 2.24) is 19.9 Å². The number of fused-ring (bicyclic) bond motifs is 8. The molecule has 8 bridgehead atoms. The summed E-state index contributed by atoms with van der Waals surface area (Å²) in [5.41, 5.74) is 11.6. The number of benzene rings is 4. The lowest BCUT2D eigenvalue weighted by molar-refractivity contribution is 1.16. The second kappa shape index (κ2) is 12.1. The van der Waals surface area contributed by atoms with E-state index >= 15 is 0 Å². The van der Waals surface area contributed by atoms with E-state index in [1.165, 1.54) is 0 Å². The molecule has 234 valence electrons. The topological polar surface area (TPSA) is 66.4 Å². The molecule has 8 aromatic rings. The number of hydrogen-bond donors (Lipinski definition) is 4. The molecule has 9 rings (SSSR count).